The summed E-state index contributed by atoms with van der Waals surface area (Å²) in [5.74, 6) is 0.198. The number of para-hydroxylation sites is 1. The summed E-state index contributed by atoms with van der Waals surface area (Å²) in [5, 5.41) is 4.35. The van der Waals surface area contributed by atoms with Gasteiger partial charge in [0.15, 0.2) is 0 Å². The molecule has 0 atom stereocenters. The third-order valence-electron chi connectivity index (χ3n) is 3.89. The number of aromatic nitrogens is 1. The first kappa shape index (κ1) is 12.3. The first-order valence-corrected chi connectivity index (χ1v) is 7.18. The maximum Gasteiger partial charge on any atom is 0.220 e. The molecule has 1 N–H and O–H groups in total. The van der Waals surface area contributed by atoms with E-state index in [1.165, 1.54) is 16.5 Å². The van der Waals surface area contributed by atoms with Crippen LogP contribution in [0.4, 0.5) is 0 Å². The van der Waals surface area contributed by atoms with Gasteiger partial charge in [-0.1, -0.05) is 24.6 Å². The average molecular weight is 256 g/mol. The first-order chi connectivity index (χ1) is 9.34. The van der Waals surface area contributed by atoms with Crippen LogP contribution in [-0.4, -0.2) is 17.0 Å². The molecule has 0 saturated heterocycles. The minimum Gasteiger partial charge on any atom is -0.356 e. The maximum atomic E-state index is 11.6. The van der Waals surface area contributed by atoms with Crippen LogP contribution in [0.3, 0.4) is 0 Å². The number of rotatable bonds is 0. The van der Waals surface area contributed by atoms with Gasteiger partial charge in [0.25, 0.3) is 0 Å². The van der Waals surface area contributed by atoms with Crippen LogP contribution >= 0.6 is 0 Å². The molecule has 1 aromatic carbocycles. The van der Waals surface area contributed by atoms with Crippen molar-refractivity contribution in [2.75, 3.05) is 6.54 Å². The lowest BCUT2D eigenvalue weighted by Gasteiger charge is -2.07. The van der Waals surface area contributed by atoms with Gasteiger partial charge in [0.1, 0.15) is 0 Å². The number of nitrogens with zero attached hydrogens (tertiary/aromatic N) is 1. The molecular weight excluding hydrogens is 236 g/mol. The zero-order chi connectivity index (χ0) is 13.1. The van der Waals surface area contributed by atoms with E-state index in [-0.39, 0.29) is 5.91 Å². The Kier molecular flexibility index (Phi) is 3.53. The third kappa shape index (κ3) is 2.65. The summed E-state index contributed by atoms with van der Waals surface area (Å²) in [6.45, 7) is 1.80. The second kappa shape index (κ2) is 5.47. The maximum absolute atomic E-state index is 11.6. The molecule has 1 aromatic heterocycles. The Balaban J connectivity index is 1.93. The number of hydrogen-bond donors (Lipinski definition) is 1. The molecule has 3 nitrogen and oxygen atoms in total. The van der Waals surface area contributed by atoms with Crippen molar-refractivity contribution in [3.05, 3.63) is 36.0 Å². The van der Waals surface area contributed by atoms with Crippen molar-refractivity contribution in [2.24, 2.45) is 0 Å². The van der Waals surface area contributed by atoms with Crippen LogP contribution in [0, 0.1) is 0 Å². The van der Waals surface area contributed by atoms with Gasteiger partial charge in [-0.15, -0.1) is 0 Å². The summed E-state index contributed by atoms with van der Waals surface area (Å²) >= 11 is 0. The molecule has 0 spiro atoms. The molecule has 2 aromatic rings. The number of nitrogens with one attached hydrogen (secondary N) is 1. The van der Waals surface area contributed by atoms with E-state index in [9.17, 15) is 4.79 Å². The van der Waals surface area contributed by atoms with Crippen molar-refractivity contribution in [3.8, 4) is 0 Å². The van der Waals surface area contributed by atoms with Gasteiger partial charge in [0.05, 0.1) is 0 Å². The Bertz CT molecular complexity index is 585. The van der Waals surface area contributed by atoms with Gasteiger partial charge < -0.3 is 9.88 Å². The predicted molar refractivity (Wildman–Crippen MR) is 77.1 cm³/mol. The van der Waals surface area contributed by atoms with E-state index in [2.05, 4.69) is 40.3 Å². The number of carbonyl (C=O) groups is 1. The Labute approximate surface area is 113 Å². The summed E-state index contributed by atoms with van der Waals surface area (Å²) in [5.41, 5.74) is 2.67. The minimum atomic E-state index is 0.198. The van der Waals surface area contributed by atoms with Gasteiger partial charge in [-0.3, -0.25) is 4.79 Å². The molecular formula is C16H20N2O. The molecule has 0 fully saturated rings. The quantitative estimate of drug-likeness (QED) is 0.772. The summed E-state index contributed by atoms with van der Waals surface area (Å²) in [4.78, 5) is 11.6. The molecule has 1 aliphatic rings. The highest BCUT2D eigenvalue weighted by molar-refractivity contribution is 5.84. The molecule has 0 saturated carbocycles. The number of hydrogen-bond acceptors (Lipinski definition) is 1. The molecule has 3 rings (SSSR count). The van der Waals surface area contributed by atoms with Crippen molar-refractivity contribution in [1.82, 2.24) is 9.88 Å². The van der Waals surface area contributed by atoms with E-state index in [0.29, 0.717) is 6.42 Å². The Morgan fingerprint density at radius 2 is 1.95 bits per heavy atom. The van der Waals surface area contributed by atoms with Crippen LogP contribution in [0.15, 0.2) is 30.5 Å². The predicted octanol–water partition coefficient (Wildman–Crippen LogP) is 2.87. The highest BCUT2D eigenvalue weighted by Crippen LogP contribution is 2.22. The van der Waals surface area contributed by atoms with E-state index in [1.54, 1.807) is 0 Å². The van der Waals surface area contributed by atoms with Crippen LogP contribution in [0.5, 0.6) is 0 Å². The molecule has 1 amide bonds. The second-order valence-electron chi connectivity index (χ2n) is 5.28. The van der Waals surface area contributed by atoms with Gasteiger partial charge >= 0.3 is 0 Å². The van der Waals surface area contributed by atoms with Crippen molar-refractivity contribution in [2.45, 2.75) is 38.6 Å². The SMILES string of the molecule is O=C1CCCCCn2cc(c3ccccc32)CCN1. The standard InChI is InChI=1S/C16H20N2O/c19-16-8-2-1-5-11-18-12-13(9-10-17-16)14-6-3-4-7-15(14)18/h3-4,6-7,12H,1-2,5,8-11H2,(H,17,19). The summed E-state index contributed by atoms with van der Waals surface area (Å²) in [6, 6.07) is 8.56. The van der Waals surface area contributed by atoms with Crippen LogP contribution < -0.4 is 5.32 Å². The molecule has 100 valence electrons. The highest BCUT2D eigenvalue weighted by Gasteiger charge is 2.09. The van der Waals surface area contributed by atoms with Crippen molar-refractivity contribution in [1.29, 1.82) is 0 Å². The second-order valence-corrected chi connectivity index (χ2v) is 5.28. The fraction of sp³-hybridized carbons (Fsp3) is 0.438. The molecule has 0 radical (unpaired) electrons. The summed E-state index contributed by atoms with van der Waals surface area (Å²) in [7, 11) is 0. The average Bonchev–Trinajstić information content (AvgIpc) is 2.76. The number of amides is 1. The normalized spacial score (nSPS) is 17.6. The zero-order valence-electron chi connectivity index (χ0n) is 11.2. The molecule has 3 heteroatoms. The van der Waals surface area contributed by atoms with E-state index < -0.39 is 0 Å². The fourth-order valence-electron chi connectivity index (χ4n) is 2.88. The van der Waals surface area contributed by atoms with E-state index in [1.807, 2.05) is 0 Å². The van der Waals surface area contributed by atoms with Crippen LogP contribution in [0.2, 0.25) is 0 Å². The van der Waals surface area contributed by atoms with Crippen LogP contribution in [0.1, 0.15) is 31.2 Å². The number of fused-ring (bicyclic) bond motifs is 5. The monoisotopic (exact) mass is 256 g/mol. The minimum absolute atomic E-state index is 0.198. The lowest BCUT2D eigenvalue weighted by molar-refractivity contribution is -0.121. The smallest absolute Gasteiger partial charge is 0.220 e. The number of carbonyl (C=O) groups excluding carboxylic acids is 1. The number of aryl methyl sites for hydroxylation is 1. The van der Waals surface area contributed by atoms with Gasteiger partial charge in [0.2, 0.25) is 5.91 Å². The molecule has 0 unspecified atom stereocenters. The topological polar surface area (TPSA) is 34.0 Å². The molecule has 2 bridgehead atoms. The molecule has 0 aliphatic carbocycles. The molecule has 2 heterocycles. The first-order valence-electron chi connectivity index (χ1n) is 7.18. The Morgan fingerprint density at radius 1 is 1.05 bits per heavy atom. The number of benzene rings is 1. The summed E-state index contributed by atoms with van der Waals surface area (Å²) in [6.07, 6.45) is 7.11. The van der Waals surface area contributed by atoms with Gasteiger partial charge in [-0.25, -0.2) is 0 Å². The van der Waals surface area contributed by atoms with E-state index in [0.717, 1.165) is 38.8 Å². The van der Waals surface area contributed by atoms with Crippen LogP contribution in [0.25, 0.3) is 10.9 Å². The summed E-state index contributed by atoms with van der Waals surface area (Å²) < 4.78 is 2.37. The lowest BCUT2D eigenvalue weighted by Crippen LogP contribution is -2.25. The van der Waals surface area contributed by atoms with E-state index in [4.69, 9.17) is 0 Å². The fourth-order valence-corrected chi connectivity index (χ4v) is 2.88. The van der Waals surface area contributed by atoms with Crippen molar-refractivity contribution in [3.63, 3.8) is 0 Å². The van der Waals surface area contributed by atoms with Crippen molar-refractivity contribution >= 4 is 16.8 Å². The van der Waals surface area contributed by atoms with Crippen molar-refractivity contribution < 1.29 is 4.79 Å². The zero-order valence-corrected chi connectivity index (χ0v) is 11.2. The van der Waals surface area contributed by atoms with Gasteiger partial charge in [0, 0.05) is 36.6 Å². The molecule has 1 aliphatic heterocycles. The Hall–Kier alpha value is -1.77. The van der Waals surface area contributed by atoms with Gasteiger partial charge in [-0.05, 0) is 30.9 Å². The van der Waals surface area contributed by atoms with Crippen LogP contribution in [-0.2, 0) is 17.8 Å². The van der Waals surface area contributed by atoms with Gasteiger partial charge in [-0.2, -0.15) is 0 Å². The van der Waals surface area contributed by atoms with E-state index >= 15 is 0 Å². The lowest BCUT2D eigenvalue weighted by atomic mass is 10.1. The Morgan fingerprint density at radius 3 is 2.89 bits per heavy atom. The molecule has 19 heavy (non-hydrogen) atoms. The third-order valence-corrected chi connectivity index (χ3v) is 3.89. The largest absolute Gasteiger partial charge is 0.356 e. The highest BCUT2D eigenvalue weighted by atomic mass is 16.1.